The lowest BCUT2D eigenvalue weighted by atomic mass is 9.99. The summed E-state index contributed by atoms with van der Waals surface area (Å²) < 4.78 is 5.07. The molecule has 0 saturated heterocycles. The highest BCUT2D eigenvalue weighted by Crippen LogP contribution is 2.29. The van der Waals surface area contributed by atoms with Gasteiger partial charge in [-0.1, -0.05) is 24.3 Å². The smallest absolute Gasteiger partial charge is 0.371 e. The minimum atomic E-state index is -1.16. The van der Waals surface area contributed by atoms with Gasteiger partial charge in [0.25, 0.3) is 0 Å². The Bertz CT molecular complexity index is 629. The molecule has 0 amide bonds. The van der Waals surface area contributed by atoms with Gasteiger partial charge in [0.15, 0.2) is 5.76 Å². The van der Waals surface area contributed by atoms with Gasteiger partial charge in [-0.05, 0) is 36.1 Å². The minimum Gasteiger partial charge on any atom is -0.475 e. The third kappa shape index (κ3) is 2.05. The van der Waals surface area contributed by atoms with Crippen molar-refractivity contribution in [2.45, 2.75) is 12.8 Å². The van der Waals surface area contributed by atoms with Gasteiger partial charge in [0.05, 0.1) is 0 Å². The Morgan fingerprint density at radius 2 is 1.58 bits per heavy atom. The number of rotatable bonds is 3. The van der Waals surface area contributed by atoms with E-state index in [9.17, 15) is 9.59 Å². The molecule has 0 radical (unpaired) electrons. The van der Waals surface area contributed by atoms with Crippen molar-refractivity contribution in [1.82, 2.24) is 0 Å². The largest absolute Gasteiger partial charge is 0.475 e. The maximum atomic E-state index is 12.3. The number of benzene rings is 1. The zero-order valence-electron chi connectivity index (χ0n) is 10.1. The molecular formula is C15H12O4. The van der Waals surface area contributed by atoms with Crippen molar-refractivity contribution < 1.29 is 19.1 Å². The number of carboxylic acids is 1. The zero-order chi connectivity index (χ0) is 13.4. The van der Waals surface area contributed by atoms with Crippen LogP contribution >= 0.6 is 0 Å². The minimum absolute atomic E-state index is 0.122. The Morgan fingerprint density at radius 1 is 1.00 bits per heavy atom. The second kappa shape index (κ2) is 4.39. The monoisotopic (exact) mass is 256 g/mol. The number of Topliss-reactive ketones (excluding diaryl/α,β-unsaturated/α-hetero) is 1. The molecule has 19 heavy (non-hydrogen) atoms. The van der Waals surface area contributed by atoms with Crippen LogP contribution in [0.25, 0.3) is 0 Å². The molecule has 1 N–H and O–H groups in total. The van der Waals surface area contributed by atoms with Crippen molar-refractivity contribution in [3.8, 4) is 0 Å². The fraction of sp³-hybridized carbons (Fsp3) is 0.200. The highest BCUT2D eigenvalue weighted by atomic mass is 16.4. The van der Waals surface area contributed by atoms with Gasteiger partial charge >= 0.3 is 5.97 Å². The van der Waals surface area contributed by atoms with Crippen molar-refractivity contribution in [2.75, 3.05) is 0 Å². The summed E-state index contributed by atoms with van der Waals surface area (Å²) >= 11 is 0. The average molecular weight is 256 g/mol. The molecule has 1 aromatic heterocycles. The van der Waals surface area contributed by atoms with E-state index in [2.05, 4.69) is 0 Å². The molecule has 0 aliphatic heterocycles. The molecule has 0 fully saturated rings. The molecule has 3 rings (SSSR count). The summed E-state index contributed by atoms with van der Waals surface area (Å²) in [6.07, 6.45) is 1.39. The molecule has 1 heterocycles. The van der Waals surface area contributed by atoms with Gasteiger partial charge < -0.3 is 9.52 Å². The number of furan rings is 1. The van der Waals surface area contributed by atoms with Crippen LogP contribution in [0.2, 0.25) is 0 Å². The summed E-state index contributed by atoms with van der Waals surface area (Å²) in [5, 5.41) is 8.78. The molecule has 2 aromatic rings. The maximum absolute atomic E-state index is 12.3. The van der Waals surface area contributed by atoms with Gasteiger partial charge in [-0.15, -0.1) is 0 Å². The van der Waals surface area contributed by atoms with Gasteiger partial charge in [-0.3, -0.25) is 4.79 Å². The van der Waals surface area contributed by atoms with E-state index in [0.717, 1.165) is 0 Å². The number of carbonyl (C=O) groups is 2. The third-order valence-corrected chi connectivity index (χ3v) is 3.48. The summed E-state index contributed by atoms with van der Waals surface area (Å²) in [5.74, 6) is -1.49. The van der Waals surface area contributed by atoms with Crippen LogP contribution in [0.1, 0.15) is 32.2 Å². The summed E-state index contributed by atoms with van der Waals surface area (Å²) in [6.45, 7) is 0. The Labute approximate surface area is 109 Å². The molecular weight excluding hydrogens is 244 g/mol. The topological polar surface area (TPSA) is 67.5 Å². The van der Waals surface area contributed by atoms with Crippen LogP contribution < -0.4 is 0 Å². The van der Waals surface area contributed by atoms with Crippen LogP contribution in [0.5, 0.6) is 0 Å². The number of aromatic carboxylic acids is 1. The standard InChI is InChI=1S/C15H12O4/c16-14(12-5-6-13(19-12)15(17)18)11-7-9-3-1-2-4-10(9)8-11/h1-6,11H,7-8H2,(H,17,18). The fourth-order valence-electron chi connectivity index (χ4n) is 2.53. The number of carboxylic acid groups (broad SMARTS) is 1. The van der Waals surface area contributed by atoms with E-state index in [-0.39, 0.29) is 23.2 Å². The van der Waals surface area contributed by atoms with E-state index in [1.807, 2.05) is 24.3 Å². The second-order valence-corrected chi connectivity index (χ2v) is 4.71. The van der Waals surface area contributed by atoms with Crippen molar-refractivity contribution >= 4 is 11.8 Å². The predicted octanol–water partition coefficient (Wildman–Crippen LogP) is 2.58. The molecule has 0 unspecified atom stereocenters. The fourth-order valence-corrected chi connectivity index (χ4v) is 2.53. The highest BCUT2D eigenvalue weighted by molar-refractivity contribution is 5.97. The predicted molar refractivity (Wildman–Crippen MR) is 67.3 cm³/mol. The van der Waals surface area contributed by atoms with Gasteiger partial charge in [0.1, 0.15) is 0 Å². The summed E-state index contributed by atoms with van der Waals surface area (Å²) in [5.41, 5.74) is 2.37. The highest BCUT2D eigenvalue weighted by Gasteiger charge is 2.29. The maximum Gasteiger partial charge on any atom is 0.371 e. The first-order chi connectivity index (χ1) is 9.15. The Hall–Kier alpha value is -2.36. The number of hydrogen-bond acceptors (Lipinski definition) is 3. The van der Waals surface area contributed by atoms with Crippen LogP contribution in [0.15, 0.2) is 40.8 Å². The Balaban J connectivity index is 1.81. The summed E-state index contributed by atoms with van der Waals surface area (Å²) in [4.78, 5) is 23.0. The molecule has 1 aliphatic carbocycles. The lowest BCUT2D eigenvalue weighted by Crippen LogP contribution is -2.14. The molecule has 0 atom stereocenters. The molecule has 4 heteroatoms. The quantitative estimate of drug-likeness (QED) is 0.857. The van der Waals surface area contributed by atoms with Crippen molar-refractivity contribution in [3.63, 3.8) is 0 Å². The van der Waals surface area contributed by atoms with E-state index < -0.39 is 5.97 Å². The number of ketones is 1. The molecule has 1 aliphatic rings. The third-order valence-electron chi connectivity index (χ3n) is 3.48. The zero-order valence-corrected chi connectivity index (χ0v) is 10.1. The van der Waals surface area contributed by atoms with Gasteiger partial charge in [0.2, 0.25) is 11.5 Å². The van der Waals surface area contributed by atoms with E-state index in [1.54, 1.807) is 0 Å². The molecule has 0 saturated carbocycles. The van der Waals surface area contributed by atoms with Gasteiger partial charge in [-0.2, -0.15) is 0 Å². The molecule has 4 nitrogen and oxygen atoms in total. The summed E-state index contributed by atoms with van der Waals surface area (Å²) in [7, 11) is 0. The van der Waals surface area contributed by atoms with Crippen LogP contribution in [0.3, 0.4) is 0 Å². The van der Waals surface area contributed by atoms with E-state index in [0.29, 0.717) is 12.8 Å². The molecule has 1 aromatic carbocycles. The van der Waals surface area contributed by atoms with Crippen LogP contribution in [-0.4, -0.2) is 16.9 Å². The molecule has 0 spiro atoms. The van der Waals surface area contributed by atoms with Gasteiger partial charge in [0, 0.05) is 5.92 Å². The second-order valence-electron chi connectivity index (χ2n) is 4.71. The Kier molecular flexibility index (Phi) is 2.71. The first-order valence-corrected chi connectivity index (χ1v) is 6.09. The van der Waals surface area contributed by atoms with Crippen LogP contribution in [-0.2, 0) is 12.8 Å². The van der Waals surface area contributed by atoms with Crippen LogP contribution in [0.4, 0.5) is 0 Å². The van der Waals surface area contributed by atoms with Crippen LogP contribution in [0, 0.1) is 5.92 Å². The van der Waals surface area contributed by atoms with Crippen molar-refractivity contribution in [1.29, 1.82) is 0 Å². The molecule has 0 bridgehead atoms. The SMILES string of the molecule is O=C(O)c1ccc(C(=O)C2Cc3ccccc3C2)o1. The normalized spacial score (nSPS) is 14.3. The number of carbonyl (C=O) groups excluding carboxylic acids is 1. The average Bonchev–Trinajstić information content (AvgIpc) is 3.04. The first kappa shape index (κ1) is 11.7. The van der Waals surface area contributed by atoms with E-state index in [4.69, 9.17) is 9.52 Å². The number of hydrogen-bond donors (Lipinski definition) is 1. The van der Waals surface area contributed by atoms with E-state index in [1.165, 1.54) is 23.3 Å². The van der Waals surface area contributed by atoms with E-state index >= 15 is 0 Å². The Morgan fingerprint density at radius 3 is 2.11 bits per heavy atom. The lowest BCUT2D eigenvalue weighted by Gasteiger charge is -2.04. The molecule has 96 valence electrons. The summed E-state index contributed by atoms with van der Waals surface area (Å²) in [6, 6.07) is 10.7. The van der Waals surface area contributed by atoms with Crippen molar-refractivity contribution in [2.24, 2.45) is 5.92 Å². The number of fused-ring (bicyclic) bond motifs is 1. The van der Waals surface area contributed by atoms with Crippen molar-refractivity contribution in [3.05, 3.63) is 59.0 Å². The lowest BCUT2D eigenvalue weighted by molar-refractivity contribution is 0.0659. The first-order valence-electron chi connectivity index (χ1n) is 6.09. The van der Waals surface area contributed by atoms with Gasteiger partial charge in [-0.25, -0.2) is 4.79 Å².